The number of rotatable bonds is 18. The van der Waals surface area contributed by atoms with Gasteiger partial charge in [-0.2, -0.15) is 26.1 Å². The van der Waals surface area contributed by atoms with E-state index in [0.717, 1.165) is 277 Å². The number of aromatic amines is 4. The quantitative estimate of drug-likeness (QED) is 0.0620. The Balaban J connectivity index is 0.000000110. The molecule has 26 nitrogen and oxygen atoms in total. The summed E-state index contributed by atoms with van der Waals surface area (Å²) in [7, 11) is 0. The number of nitrogens with zero attached hydrogens (tertiary/aromatic N) is 13. The number of nitrogens with one attached hydrogen (secondary N) is 4. The van der Waals surface area contributed by atoms with Gasteiger partial charge in [-0.25, -0.2) is 19.9 Å². The predicted octanol–water partition coefficient (Wildman–Crippen LogP) is 19.8. The summed E-state index contributed by atoms with van der Waals surface area (Å²) in [6.07, 6.45) is 23.5. The van der Waals surface area contributed by atoms with Gasteiger partial charge < -0.3 is 77.3 Å². The van der Waals surface area contributed by atoms with Gasteiger partial charge in [0.25, 0.3) is 0 Å². The number of ether oxygens (including phenoxy) is 9. The van der Waals surface area contributed by atoms with Crippen molar-refractivity contribution in [3.63, 3.8) is 0 Å². The number of fused-ring (bicyclic) bond motifs is 4. The zero-order chi connectivity index (χ0) is 89.1. The number of H-pyrrole nitrogens is 4. The van der Waals surface area contributed by atoms with Crippen molar-refractivity contribution in [3.05, 3.63) is 235 Å². The van der Waals surface area contributed by atoms with Gasteiger partial charge in [-0.3, -0.25) is 4.68 Å². The summed E-state index contributed by atoms with van der Waals surface area (Å²) >= 11 is 0. The Kier molecular flexibility index (Phi) is 26.1. The Morgan fingerprint density at radius 3 is 1.05 bits per heavy atom. The van der Waals surface area contributed by atoms with Crippen LogP contribution in [-0.2, 0) is 28.4 Å². The summed E-state index contributed by atoms with van der Waals surface area (Å²) in [5.41, 5.74) is 25.0. The molecule has 0 radical (unpaired) electrons. The minimum absolute atomic E-state index is 0.0867. The van der Waals surface area contributed by atoms with Crippen LogP contribution in [0, 0.1) is 45.3 Å². The van der Waals surface area contributed by atoms with Crippen LogP contribution < -0.4 is 28.9 Å². The van der Waals surface area contributed by atoms with E-state index < -0.39 is 0 Å². The van der Waals surface area contributed by atoms with Crippen LogP contribution in [0.2, 0.25) is 0 Å². The zero-order valence-corrected chi connectivity index (χ0v) is 73.7. The summed E-state index contributed by atoms with van der Waals surface area (Å²) in [5, 5.41) is 47.9. The van der Waals surface area contributed by atoms with E-state index in [1.807, 2.05) is 108 Å². The zero-order valence-electron chi connectivity index (χ0n) is 73.7. The SMILES string of the molecule is N#Cc1cc(-c2ccnc3[nH]c(-c4ccc(N5CCOCC5)cc4)cc23)ccc1N1CCCC1.N#Cc1cc(-c2ccnc3[nH]c(-c4ccc(N5CCOCC5)cc4)cc23)ccc1OC1CCOCC1.N#Cc1cc(-c2ccnc3[nH]c(-c4cnn(C5CCOCC5)c4)cc23)ccc1OC1CCOCC1.N#Cc1cc(-c2ccnc3[nH]c(C4CC4)cc23)ccc1OC1CCOCC1. The van der Waals surface area contributed by atoms with Crippen molar-refractivity contribution in [2.75, 3.05) is 133 Å². The fourth-order valence-corrected chi connectivity index (χ4v) is 18.8. The molecule has 132 heavy (non-hydrogen) atoms. The first kappa shape index (κ1) is 85.9. The van der Waals surface area contributed by atoms with Crippen molar-refractivity contribution in [1.82, 2.24) is 49.7 Å². The Morgan fingerprint density at radius 2 is 0.659 bits per heavy atom. The largest absolute Gasteiger partial charge is 0.489 e. The third-order valence-corrected chi connectivity index (χ3v) is 26.2. The molecule has 7 aliphatic heterocycles. The van der Waals surface area contributed by atoms with E-state index in [1.54, 1.807) is 12.4 Å². The Labute approximate surface area is 765 Å². The minimum Gasteiger partial charge on any atom is -0.489 e. The van der Waals surface area contributed by atoms with Crippen molar-refractivity contribution in [2.45, 2.75) is 107 Å². The van der Waals surface area contributed by atoms with Gasteiger partial charge in [0.1, 0.15) is 82.4 Å². The molecule has 16 heterocycles. The van der Waals surface area contributed by atoms with Crippen LogP contribution in [-0.4, -0.2) is 187 Å². The number of anilines is 3. The second kappa shape index (κ2) is 40.0. The van der Waals surface area contributed by atoms with Crippen molar-refractivity contribution >= 4 is 61.2 Å². The van der Waals surface area contributed by atoms with Gasteiger partial charge in [-0.05, 0) is 221 Å². The molecule has 0 atom stereocenters. The Morgan fingerprint density at radius 1 is 0.318 bits per heavy atom. The highest BCUT2D eigenvalue weighted by atomic mass is 16.5. The Bertz CT molecular complexity index is 6760. The average Bonchev–Trinajstić information content (AvgIpc) is 1.64. The van der Waals surface area contributed by atoms with Crippen LogP contribution in [0.3, 0.4) is 0 Å². The monoisotopic (exact) mass is 1760 g/mol. The first-order valence-corrected chi connectivity index (χ1v) is 46.2. The molecule has 0 spiro atoms. The van der Waals surface area contributed by atoms with Crippen LogP contribution >= 0.6 is 0 Å². The van der Waals surface area contributed by atoms with Gasteiger partial charge >= 0.3 is 0 Å². The molecule has 4 N–H and O–H groups in total. The summed E-state index contributed by atoms with van der Waals surface area (Å²) in [5.74, 6) is 2.57. The third kappa shape index (κ3) is 19.4. The highest BCUT2D eigenvalue weighted by molar-refractivity contribution is 6.00. The molecule has 666 valence electrons. The topological polar surface area (TPSA) is 320 Å². The second-order valence-corrected chi connectivity index (χ2v) is 34.7. The van der Waals surface area contributed by atoms with Gasteiger partial charge in [-0.1, -0.05) is 48.5 Å². The summed E-state index contributed by atoms with van der Waals surface area (Å²) in [6.45, 7) is 14.7. The van der Waals surface area contributed by atoms with Crippen molar-refractivity contribution < 1.29 is 42.6 Å². The molecule has 0 bridgehead atoms. The highest BCUT2D eigenvalue weighted by Gasteiger charge is 2.29. The maximum atomic E-state index is 9.83. The number of aromatic nitrogens is 10. The molecule has 8 aliphatic rings. The van der Waals surface area contributed by atoms with Crippen molar-refractivity contribution in [1.29, 1.82) is 21.0 Å². The highest BCUT2D eigenvalue weighted by Crippen LogP contribution is 2.44. The van der Waals surface area contributed by atoms with Gasteiger partial charge in [0.15, 0.2) is 0 Å². The van der Waals surface area contributed by atoms with Crippen LogP contribution in [0.5, 0.6) is 17.2 Å². The normalized spacial score (nSPS) is 17.0. The average molecular weight is 1760 g/mol. The number of morpholine rings is 2. The fraction of sp³-hybridized carbons (Fsp3) is 0.330. The molecule has 8 fully saturated rings. The molecule has 26 heteroatoms. The van der Waals surface area contributed by atoms with Gasteiger partial charge in [0.2, 0.25) is 0 Å². The molecule has 15 aromatic rings. The lowest BCUT2D eigenvalue weighted by Gasteiger charge is -2.28. The van der Waals surface area contributed by atoms with E-state index >= 15 is 0 Å². The molecular formula is C106H103N17O9. The number of pyridine rings is 4. The third-order valence-electron chi connectivity index (χ3n) is 26.2. The number of hydrogen-bond acceptors (Lipinski definition) is 21. The van der Waals surface area contributed by atoms with Crippen molar-refractivity contribution in [2.24, 2.45) is 0 Å². The van der Waals surface area contributed by atoms with E-state index in [0.29, 0.717) is 72.3 Å². The lowest BCUT2D eigenvalue weighted by Crippen LogP contribution is -2.36. The molecular weight excluding hydrogens is 1660 g/mol. The number of hydrogen-bond donors (Lipinski definition) is 4. The lowest BCUT2D eigenvalue weighted by molar-refractivity contribution is 0.0252. The molecule has 7 saturated heterocycles. The minimum atomic E-state index is 0.0867. The molecule has 0 amide bonds. The number of nitriles is 4. The van der Waals surface area contributed by atoms with Crippen LogP contribution in [0.15, 0.2) is 207 Å². The molecule has 23 rings (SSSR count). The maximum absolute atomic E-state index is 9.83. The molecule has 6 aromatic carbocycles. The molecule has 1 aliphatic carbocycles. The molecule has 1 saturated carbocycles. The predicted molar refractivity (Wildman–Crippen MR) is 509 cm³/mol. The van der Waals surface area contributed by atoms with E-state index in [1.165, 1.54) is 42.8 Å². The summed E-state index contributed by atoms with van der Waals surface area (Å²) in [4.78, 5) is 39.0. The van der Waals surface area contributed by atoms with Gasteiger partial charge in [0.05, 0.1) is 112 Å². The summed E-state index contributed by atoms with van der Waals surface area (Å²) in [6, 6.07) is 67.5. The van der Waals surface area contributed by atoms with E-state index in [-0.39, 0.29) is 18.3 Å². The lowest BCUT2D eigenvalue weighted by atomic mass is 10.00. The number of benzene rings is 6. The Hall–Kier alpha value is -14.2. The van der Waals surface area contributed by atoms with Crippen molar-refractivity contribution in [3.8, 4) is 120 Å². The smallest absolute Gasteiger partial charge is 0.138 e. The van der Waals surface area contributed by atoms with Crippen LogP contribution in [0.25, 0.3) is 122 Å². The maximum Gasteiger partial charge on any atom is 0.138 e. The summed E-state index contributed by atoms with van der Waals surface area (Å²) < 4.78 is 53.0. The van der Waals surface area contributed by atoms with E-state index in [2.05, 4.69) is 175 Å². The van der Waals surface area contributed by atoms with E-state index in [4.69, 9.17) is 42.6 Å². The first-order chi connectivity index (χ1) is 65.2. The second-order valence-electron chi connectivity index (χ2n) is 34.7. The molecule has 0 unspecified atom stereocenters. The van der Waals surface area contributed by atoms with E-state index in [9.17, 15) is 21.0 Å². The van der Waals surface area contributed by atoms with Gasteiger partial charge in [-0.15, -0.1) is 0 Å². The van der Waals surface area contributed by atoms with Crippen LogP contribution in [0.4, 0.5) is 17.1 Å². The standard InChI is InChI=1S/C29H28N4O3.C28H27N5O.C27H27N5O3.C22H21N3O2/c30-19-22-17-21(3-6-28(22)36-24-8-13-34-14-9-24)25-7-10-31-29-26(25)18-27(32-29)20-1-4-23(5-2-20)33-11-15-35-16-12-33;29-19-22-17-21(5-8-27(22)33-11-1-2-12-33)24-9-10-30-28-25(24)18-26(31-28)20-3-6-23(7-4-20)32-13-15-34-16-14-32;28-15-19-13-18(1-2-26(19)35-22-6-11-34-12-7-22)23-3-8-29-27-24(23)14-25(31-27)20-16-30-32(17-20)21-4-9-33-10-5-21;23-13-16-11-15(3-4-21(16)27-17-6-9-26-10-7-17)18-5-8-24-22-19(18)12-20(25-22)14-1-2-14/h1-7,10,17-18,24H,8-9,11-16H2,(H,31,32);3-10,17-18H,1-2,11-16H2,(H,30,31);1-3,8,13-14,16-17,21-22H,4-7,9-12H2,(H,29,31);3-5,8,11-12,14,17H,1-2,6-7,9-10H2,(H,24,25). The van der Waals surface area contributed by atoms with Crippen LogP contribution in [0.1, 0.15) is 117 Å². The van der Waals surface area contributed by atoms with Gasteiger partial charge in [0, 0.05) is 178 Å². The molecule has 9 aromatic heterocycles. The fourth-order valence-electron chi connectivity index (χ4n) is 18.8. The first-order valence-electron chi connectivity index (χ1n) is 46.2.